The minimum Gasteiger partial charge on any atom is -0.397 e. The molecule has 1 aromatic rings. The summed E-state index contributed by atoms with van der Waals surface area (Å²) in [6, 6.07) is 1.65. The average molecular weight is 309 g/mol. The van der Waals surface area contributed by atoms with Gasteiger partial charge in [0.25, 0.3) is 0 Å². The lowest BCUT2D eigenvalue weighted by atomic mass is 10.4. The molecule has 0 spiro atoms. The Balaban J connectivity index is 0. The van der Waals surface area contributed by atoms with Gasteiger partial charge in [-0.05, 0) is 22.0 Å². The Bertz CT molecular complexity index is 233. The largest absolute Gasteiger partial charge is 0.397 e. The van der Waals surface area contributed by atoms with Crippen molar-refractivity contribution in [1.82, 2.24) is 4.98 Å². The molecule has 0 saturated heterocycles. The van der Waals surface area contributed by atoms with E-state index >= 15 is 0 Å². The van der Waals surface area contributed by atoms with Crippen molar-refractivity contribution in [3.05, 3.63) is 16.9 Å². The molecular formula is C5H8BrCl2N3OS. The average Bonchev–Trinajstić information content (AvgIpc) is 2.02. The van der Waals surface area contributed by atoms with Crippen LogP contribution in [0.3, 0.4) is 0 Å². The third-order valence-electron chi connectivity index (χ3n) is 0.975. The lowest BCUT2D eigenvalue weighted by molar-refractivity contribution is 0.697. The number of aromatic nitrogens is 1. The van der Waals surface area contributed by atoms with Crippen LogP contribution in [0.5, 0.6) is 0 Å². The van der Waals surface area contributed by atoms with Gasteiger partial charge < -0.3 is 11.5 Å². The molecule has 4 N–H and O–H groups in total. The summed E-state index contributed by atoms with van der Waals surface area (Å²) in [5.74, 6) is 0. The monoisotopic (exact) mass is 307 g/mol. The smallest absolute Gasteiger partial charge is 0.131 e. The molecular weight excluding hydrogens is 301 g/mol. The molecule has 4 nitrogen and oxygen atoms in total. The molecule has 76 valence electrons. The van der Waals surface area contributed by atoms with Gasteiger partial charge in [-0.25, -0.2) is 4.98 Å². The minimum atomic E-state index is 0. The number of nitrogens with two attached hydrogens (primary N) is 2. The van der Waals surface area contributed by atoms with Gasteiger partial charge in [0.15, 0.2) is 0 Å². The van der Waals surface area contributed by atoms with Crippen molar-refractivity contribution >= 4 is 64.5 Å². The standard InChI is InChI=1S/C5H6BrN3.Cl2O.H2S/c6-5-4(8)3(7)1-2-9-5;1-3-2;/h1-2H,8H2,(H2,7,9);;1H2. The zero-order valence-electron chi connectivity index (χ0n) is 6.30. The van der Waals surface area contributed by atoms with Crippen LogP contribution in [0.4, 0.5) is 11.4 Å². The van der Waals surface area contributed by atoms with Crippen LogP contribution in [0.1, 0.15) is 0 Å². The Labute approximate surface area is 101 Å². The zero-order chi connectivity index (χ0) is 9.56. The topological polar surface area (TPSA) is 74.2 Å². The van der Waals surface area contributed by atoms with Gasteiger partial charge in [0.2, 0.25) is 0 Å². The number of anilines is 2. The third kappa shape index (κ3) is 6.23. The first kappa shape index (κ1) is 15.6. The first-order valence-corrected chi connectivity index (χ1v) is 4.09. The van der Waals surface area contributed by atoms with Crippen molar-refractivity contribution in [1.29, 1.82) is 0 Å². The van der Waals surface area contributed by atoms with Gasteiger partial charge in [-0.1, -0.05) is 0 Å². The summed E-state index contributed by atoms with van der Waals surface area (Å²) >= 11 is 11.7. The number of pyridine rings is 1. The van der Waals surface area contributed by atoms with Crippen LogP contribution in [0.15, 0.2) is 16.9 Å². The van der Waals surface area contributed by atoms with E-state index in [0.717, 1.165) is 0 Å². The van der Waals surface area contributed by atoms with Crippen LogP contribution in [-0.2, 0) is 3.84 Å². The van der Waals surface area contributed by atoms with Gasteiger partial charge in [-0.2, -0.15) is 17.3 Å². The maximum absolute atomic E-state index is 5.45. The number of nitrogens with zero attached hydrogens (tertiary/aromatic N) is 1. The van der Waals surface area contributed by atoms with Crippen LogP contribution < -0.4 is 11.5 Å². The highest BCUT2D eigenvalue weighted by Gasteiger charge is 1.96. The predicted octanol–water partition coefficient (Wildman–Crippen LogP) is 2.43. The SMILES string of the molecule is ClOCl.Nc1ccnc(Br)c1N.S. The van der Waals surface area contributed by atoms with Crippen LogP contribution in [0, 0.1) is 0 Å². The van der Waals surface area contributed by atoms with Gasteiger partial charge in [0.1, 0.15) is 4.60 Å². The highest BCUT2D eigenvalue weighted by atomic mass is 79.9. The highest BCUT2D eigenvalue weighted by molar-refractivity contribution is 9.10. The Kier molecular flexibility index (Phi) is 10.4. The summed E-state index contributed by atoms with van der Waals surface area (Å²) in [6.45, 7) is 0. The van der Waals surface area contributed by atoms with E-state index in [0.29, 0.717) is 16.0 Å². The van der Waals surface area contributed by atoms with Crippen LogP contribution >= 0.6 is 53.2 Å². The molecule has 13 heavy (non-hydrogen) atoms. The van der Waals surface area contributed by atoms with E-state index in [1.807, 2.05) is 0 Å². The van der Waals surface area contributed by atoms with Gasteiger partial charge in [-0.3, -0.25) is 0 Å². The summed E-state index contributed by atoms with van der Waals surface area (Å²) < 4.78 is 3.79. The Morgan fingerprint density at radius 1 is 1.38 bits per heavy atom. The first-order valence-electron chi connectivity index (χ1n) is 2.68. The number of nitrogen functional groups attached to an aromatic ring is 2. The van der Waals surface area contributed by atoms with Crippen molar-refractivity contribution in [2.45, 2.75) is 0 Å². The maximum atomic E-state index is 5.45. The second kappa shape index (κ2) is 8.71. The second-order valence-electron chi connectivity index (χ2n) is 1.66. The molecule has 0 radical (unpaired) electrons. The molecule has 0 atom stereocenters. The molecule has 0 aliphatic rings. The fourth-order valence-corrected chi connectivity index (χ4v) is 0.809. The summed E-state index contributed by atoms with van der Waals surface area (Å²) in [6.07, 6.45) is 1.59. The second-order valence-corrected chi connectivity index (χ2v) is 2.88. The molecule has 0 saturated carbocycles. The van der Waals surface area contributed by atoms with E-state index in [9.17, 15) is 0 Å². The number of halogens is 3. The Morgan fingerprint density at radius 2 is 1.85 bits per heavy atom. The molecule has 0 amide bonds. The van der Waals surface area contributed by atoms with E-state index in [-0.39, 0.29) is 13.5 Å². The van der Waals surface area contributed by atoms with E-state index in [2.05, 4.69) is 48.5 Å². The van der Waals surface area contributed by atoms with E-state index in [4.69, 9.17) is 11.5 Å². The zero-order valence-corrected chi connectivity index (χ0v) is 10.4. The molecule has 1 rings (SSSR count). The number of hydrogen-bond acceptors (Lipinski definition) is 4. The summed E-state index contributed by atoms with van der Waals surface area (Å²) in [5.41, 5.74) is 11.9. The quantitative estimate of drug-likeness (QED) is 0.722. The molecule has 0 aliphatic carbocycles. The van der Waals surface area contributed by atoms with Crippen molar-refractivity contribution in [3.8, 4) is 0 Å². The molecule has 1 heterocycles. The lowest BCUT2D eigenvalue weighted by Crippen LogP contribution is -1.95. The molecule has 0 aliphatic heterocycles. The van der Waals surface area contributed by atoms with E-state index in [1.165, 1.54) is 0 Å². The van der Waals surface area contributed by atoms with Crippen LogP contribution in [-0.4, -0.2) is 4.98 Å². The van der Waals surface area contributed by atoms with Gasteiger partial charge in [0.05, 0.1) is 35.1 Å². The molecule has 0 bridgehead atoms. The maximum Gasteiger partial charge on any atom is 0.131 e. The molecule has 0 fully saturated rings. The molecule has 1 aromatic heterocycles. The molecule has 0 aromatic carbocycles. The fourth-order valence-electron chi connectivity index (χ4n) is 0.461. The molecule has 0 unspecified atom stereocenters. The van der Waals surface area contributed by atoms with Gasteiger partial charge >= 0.3 is 0 Å². The van der Waals surface area contributed by atoms with E-state index < -0.39 is 0 Å². The lowest BCUT2D eigenvalue weighted by Gasteiger charge is -1.98. The fraction of sp³-hybridized carbons (Fsp3) is 0. The van der Waals surface area contributed by atoms with Crippen molar-refractivity contribution in [2.75, 3.05) is 11.5 Å². The predicted molar refractivity (Wildman–Crippen MR) is 63.9 cm³/mol. The minimum absolute atomic E-state index is 0. The summed E-state index contributed by atoms with van der Waals surface area (Å²) in [5, 5.41) is 0. The number of hydrogen-bond donors (Lipinski definition) is 2. The normalized spacial score (nSPS) is 7.92. The Morgan fingerprint density at radius 3 is 2.15 bits per heavy atom. The van der Waals surface area contributed by atoms with E-state index in [1.54, 1.807) is 12.3 Å². The van der Waals surface area contributed by atoms with Crippen molar-refractivity contribution < 1.29 is 3.84 Å². The summed E-state index contributed by atoms with van der Waals surface area (Å²) in [4.78, 5) is 3.85. The van der Waals surface area contributed by atoms with Crippen LogP contribution in [0.25, 0.3) is 0 Å². The summed E-state index contributed by atoms with van der Waals surface area (Å²) in [7, 11) is 0. The van der Waals surface area contributed by atoms with Crippen LogP contribution in [0.2, 0.25) is 0 Å². The molecule has 8 heteroatoms. The highest BCUT2D eigenvalue weighted by Crippen LogP contribution is 2.21. The van der Waals surface area contributed by atoms with Gasteiger partial charge in [0, 0.05) is 6.20 Å². The Hall–Kier alpha value is 0.120. The first-order chi connectivity index (χ1) is 5.63. The third-order valence-corrected chi connectivity index (χ3v) is 1.61. The van der Waals surface area contributed by atoms with Gasteiger partial charge in [-0.15, -0.1) is 0 Å². The van der Waals surface area contributed by atoms with Crippen molar-refractivity contribution in [2.24, 2.45) is 0 Å². The number of rotatable bonds is 0. The van der Waals surface area contributed by atoms with Crippen molar-refractivity contribution in [3.63, 3.8) is 0 Å².